The first kappa shape index (κ1) is 18.9. The van der Waals surface area contributed by atoms with Gasteiger partial charge in [-0.05, 0) is 42.0 Å². The fraction of sp³-hybridized carbons (Fsp3) is 0.0556. The predicted octanol–water partition coefficient (Wildman–Crippen LogP) is 1.80. The summed E-state index contributed by atoms with van der Waals surface area (Å²) >= 11 is 0. The number of urea groups is 1. The highest BCUT2D eigenvalue weighted by Gasteiger charge is 2.14. The summed E-state index contributed by atoms with van der Waals surface area (Å²) in [6, 6.07) is 10.2. The largest absolute Gasteiger partial charge is 0.383 e. The van der Waals surface area contributed by atoms with Crippen LogP contribution in [0.4, 0.5) is 26.4 Å². The van der Waals surface area contributed by atoms with Gasteiger partial charge in [0.15, 0.2) is 5.69 Å². The van der Waals surface area contributed by atoms with Crippen LogP contribution in [0.2, 0.25) is 0 Å². The Labute approximate surface area is 159 Å². The highest BCUT2D eigenvalue weighted by atomic mass is 19.1. The number of nitrogens with two attached hydrogens (primary N) is 3. The summed E-state index contributed by atoms with van der Waals surface area (Å²) in [6.45, 7) is 0.229. The van der Waals surface area contributed by atoms with E-state index in [1.807, 2.05) is 0 Å². The molecule has 8 N–H and O–H groups in total. The number of halogens is 1. The number of benzene rings is 2. The molecule has 0 saturated carbocycles. The summed E-state index contributed by atoms with van der Waals surface area (Å²) in [5.74, 6) is -1.18. The SMILES string of the molecule is NCc1ccc(F)c(NC(=O)Nc2ccc(-n3cnc(C(N)=O)c3N)cc2)c1. The van der Waals surface area contributed by atoms with E-state index in [2.05, 4.69) is 15.6 Å². The monoisotopic (exact) mass is 383 g/mol. The fourth-order valence-electron chi connectivity index (χ4n) is 2.54. The van der Waals surface area contributed by atoms with Gasteiger partial charge in [-0.25, -0.2) is 14.2 Å². The van der Waals surface area contributed by atoms with Gasteiger partial charge in [-0.3, -0.25) is 9.36 Å². The highest BCUT2D eigenvalue weighted by molar-refractivity contribution is 6.00. The number of amides is 3. The van der Waals surface area contributed by atoms with Gasteiger partial charge in [-0.1, -0.05) is 6.07 Å². The first-order valence-corrected chi connectivity index (χ1v) is 8.18. The van der Waals surface area contributed by atoms with Crippen LogP contribution in [0.3, 0.4) is 0 Å². The Balaban J connectivity index is 1.71. The molecule has 10 heteroatoms. The smallest absolute Gasteiger partial charge is 0.323 e. The Hall–Kier alpha value is -3.92. The summed E-state index contributed by atoms with van der Waals surface area (Å²) in [6.07, 6.45) is 1.37. The molecular weight excluding hydrogens is 365 g/mol. The minimum Gasteiger partial charge on any atom is -0.383 e. The summed E-state index contributed by atoms with van der Waals surface area (Å²) in [7, 11) is 0. The lowest BCUT2D eigenvalue weighted by Crippen LogP contribution is -2.20. The molecule has 28 heavy (non-hydrogen) atoms. The fourth-order valence-corrected chi connectivity index (χ4v) is 2.54. The Morgan fingerprint density at radius 1 is 1.11 bits per heavy atom. The Morgan fingerprint density at radius 2 is 1.82 bits per heavy atom. The van der Waals surface area contributed by atoms with Gasteiger partial charge in [-0.15, -0.1) is 0 Å². The highest BCUT2D eigenvalue weighted by Crippen LogP contribution is 2.20. The van der Waals surface area contributed by atoms with Gasteiger partial charge in [0.1, 0.15) is 18.0 Å². The van der Waals surface area contributed by atoms with Crippen molar-refractivity contribution in [2.24, 2.45) is 11.5 Å². The second-order valence-corrected chi connectivity index (χ2v) is 5.86. The van der Waals surface area contributed by atoms with E-state index >= 15 is 0 Å². The molecule has 0 aliphatic rings. The second kappa shape index (κ2) is 7.76. The zero-order valence-electron chi connectivity index (χ0n) is 14.6. The molecule has 0 atom stereocenters. The molecule has 0 bridgehead atoms. The number of aromatic nitrogens is 2. The number of primary amides is 1. The summed E-state index contributed by atoms with van der Waals surface area (Å²) < 4.78 is 15.3. The van der Waals surface area contributed by atoms with E-state index in [1.165, 1.54) is 23.0 Å². The zero-order chi connectivity index (χ0) is 20.3. The Bertz CT molecular complexity index is 1030. The second-order valence-electron chi connectivity index (χ2n) is 5.86. The number of rotatable bonds is 5. The van der Waals surface area contributed by atoms with Crippen LogP contribution >= 0.6 is 0 Å². The van der Waals surface area contributed by atoms with Crippen LogP contribution in [0.25, 0.3) is 5.69 Å². The van der Waals surface area contributed by atoms with Gasteiger partial charge in [0.25, 0.3) is 5.91 Å². The van der Waals surface area contributed by atoms with Crippen molar-refractivity contribution in [3.63, 3.8) is 0 Å². The van der Waals surface area contributed by atoms with Crippen molar-refractivity contribution in [2.45, 2.75) is 6.54 Å². The van der Waals surface area contributed by atoms with E-state index in [0.29, 0.717) is 16.9 Å². The van der Waals surface area contributed by atoms with E-state index in [9.17, 15) is 14.0 Å². The molecule has 0 spiro atoms. The van der Waals surface area contributed by atoms with Crippen molar-refractivity contribution in [3.05, 3.63) is 65.9 Å². The minimum absolute atomic E-state index is 0.0247. The molecule has 144 valence electrons. The average Bonchev–Trinajstić information content (AvgIpc) is 3.06. The topological polar surface area (TPSA) is 154 Å². The van der Waals surface area contributed by atoms with Gasteiger partial charge in [-0.2, -0.15) is 0 Å². The van der Waals surface area contributed by atoms with Crippen LogP contribution in [0.15, 0.2) is 48.8 Å². The molecule has 3 amide bonds. The number of hydrogen-bond donors (Lipinski definition) is 5. The molecule has 3 rings (SSSR count). The van der Waals surface area contributed by atoms with Gasteiger partial charge < -0.3 is 27.8 Å². The maximum atomic E-state index is 13.8. The minimum atomic E-state index is -0.725. The van der Waals surface area contributed by atoms with Crippen molar-refractivity contribution < 1.29 is 14.0 Å². The first-order valence-electron chi connectivity index (χ1n) is 8.18. The number of carbonyl (C=O) groups is 2. The molecule has 9 nitrogen and oxygen atoms in total. The van der Waals surface area contributed by atoms with Crippen LogP contribution in [-0.4, -0.2) is 21.5 Å². The van der Waals surface area contributed by atoms with Crippen molar-refractivity contribution in [1.82, 2.24) is 9.55 Å². The number of hydrogen-bond acceptors (Lipinski definition) is 5. The molecule has 0 unspecified atom stereocenters. The third-order valence-electron chi connectivity index (χ3n) is 3.96. The normalized spacial score (nSPS) is 10.5. The molecule has 3 aromatic rings. The third kappa shape index (κ3) is 3.91. The van der Waals surface area contributed by atoms with Crippen LogP contribution < -0.4 is 27.8 Å². The quantitative estimate of drug-likeness (QED) is 0.454. The summed E-state index contributed by atoms with van der Waals surface area (Å²) in [5.41, 5.74) is 18.3. The zero-order valence-corrected chi connectivity index (χ0v) is 14.6. The lowest BCUT2D eigenvalue weighted by molar-refractivity contribution is 0.0997. The summed E-state index contributed by atoms with van der Waals surface area (Å²) in [5, 5.41) is 5.03. The molecular formula is C18H18FN7O2. The van der Waals surface area contributed by atoms with Gasteiger partial charge in [0.05, 0.1) is 5.69 Å². The summed E-state index contributed by atoms with van der Waals surface area (Å²) in [4.78, 5) is 27.2. The molecule has 2 aromatic carbocycles. The first-order chi connectivity index (χ1) is 13.4. The van der Waals surface area contributed by atoms with Crippen LogP contribution in [-0.2, 0) is 6.54 Å². The van der Waals surface area contributed by atoms with Crippen molar-refractivity contribution in [2.75, 3.05) is 16.4 Å². The lowest BCUT2D eigenvalue weighted by atomic mass is 10.2. The van der Waals surface area contributed by atoms with Crippen molar-refractivity contribution in [3.8, 4) is 5.69 Å². The van der Waals surface area contributed by atoms with Crippen LogP contribution in [0, 0.1) is 5.82 Å². The van der Waals surface area contributed by atoms with Crippen LogP contribution in [0.5, 0.6) is 0 Å². The van der Waals surface area contributed by atoms with E-state index in [4.69, 9.17) is 17.2 Å². The van der Waals surface area contributed by atoms with Gasteiger partial charge in [0.2, 0.25) is 0 Å². The molecule has 1 heterocycles. The number of nitrogens with one attached hydrogen (secondary N) is 2. The number of anilines is 3. The Morgan fingerprint density at radius 3 is 2.43 bits per heavy atom. The number of nitrogen functional groups attached to an aromatic ring is 1. The van der Waals surface area contributed by atoms with E-state index in [1.54, 1.807) is 30.3 Å². The molecule has 0 radical (unpaired) electrons. The average molecular weight is 383 g/mol. The molecule has 0 aliphatic carbocycles. The Kier molecular flexibility index (Phi) is 5.23. The number of imidazole rings is 1. The van der Waals surface area contributed by atoms with Crippen molar-refractivity contribution in [1.29, 1.82) is 0 Å². The molecule has 0 aliphatic heterocycles. The van der Waals surface area contributed by atoms with Crippen LogP contribution in [0.1, 0.15) is 16.1 Å². The maximum Gasteiger partial charge on any atom is 0.323 e. The molecule has 1 aromatic heterocycles. The standard InChI is InChI=1S/C18H18FN7O2/c19-13-6-1-10(8-20)7-14(13)25-18(28)24-11-2-4-12(5-3-11)26-9-23-15(16(26)21)17(22)27/h1-7,9H,8,20-21H2,(H2,22,27)(H2,24,25,28). The third-order valence-corrected chi connectivity index (χ3v) is 3.96. The van der Waals surface area contributed by atoms with Gasteiger partial charge >= 0.3 is 6.03 Å². The predicted molar refractivity (Wildman–Crippen MR) is 103 cm³/mol. The van der Waals surface area contributed by atoms with E-state index in [-0.39, 0.29) is 23.7 Å². The number of nitrogens with zero attached hydrogens (tertiary/aromatic N) is 2. The molecule has 0 fully saturated rings. The van der Waals surface area contributed by atoms with E-state index < -0.39 is 17.8 Å². The lowest BCUT2D eigenvalue weighted by Gasteiger charge is -2.11. The van der Waals surface area contributed by atoms with Gasteiger partial charge in [0, 0.05) is 17.9 Å². The number of carbonyl (C=O) groups excluding carboxylic acids is 2. The maximum absolute atomic E-state index is 13.8. The van der Waals surface area contributed by atoms with E-state index in [0.717, 1.165) is 0 Å². The van der Waals surface area contributed by atoms with Crippen molar-refractivity contribution >= 4 is 29.1 Å². The molecule has 0 saturated heterocycles.